The Hall–Kier alpha value is -1.65. The second-order valence-electron chi connectivity index (χ2n) is 8.36. The van der Waals surface area contributed by atoms with Gasteiger partial charge in [-0.15, -0.1) is 0 Å². The summed E-state index contributed by atoms with van der Waals surface area (Å²) >= 11 is 0. The third-order valence-electron chi connectivity index (χ3n) is 6.57. The first kappa shape index (κ1) is 16.8. The molecule has 2 saturated carbocycles. The van der Waals surface area contributed by atoms with E-state index in [-0.39, 0.29) is 5.56 Å². The highest BCUT2D eigenvalue weighted by molar-refractivity contribution is 5.78. The predicted octanol–water partition coefficient (Wildman–Crippen LogP) is 3.08. The number of fused-ring (bicyclic) bond motifs is 2. The molecule has 2 unspecified atom stereocenters. The van der Waals surface area contributed by atoms with Crippen LogP contribution in [-0.2, 0) is 6.54 Å². The van der Waals surface area contributed by atoms with E-state index in [0.717, 1.165) is 40.9 Å². The summed E-state index contributed by atoms with van der Waals surface area (Å²) in [6.07, 6.45) is 5.27. The summed E-state index contributed by atoms with van der Waals surface area (Å²) in [6.45, 7) is 0.737. The molecule has 0 spiro atoms. The van der Waals surface area contributed by atoms with Crippen molar-refractivity contribution in [3.63, 3.8) is 0 Å². The Bertz CT molecular complexity index is 798. The van der Waals surface area contributed by atoms with Crippen LogP contribution in [0.2, 0.25) is 0 Å². The van der Waals surface area contributed by atoms with Crippen molar-refractivity contribution in [2.75, 3.05) is 21.1 Å². The molecule has 2 aliphatic rings. The molecule has 4 nitrogen and oxygen atoms in total. The Morgan fingerprint density at radius 1 is 1.00 bits per heavy atom. The van der Waals surface area contributed by atoms with Crippen LogP contribution in [0.5, 0.6) is 0 Å². The second kappa shape index (κ2) is 6.58. The summed E-state index contributed by atoms with van der Waals surface area (Å²) in [5.74, 6) is 1.74. The molecular formula is C21H29N3O. The molecule has 25 heavy (non-hydrogen) atoms. The van der Waals surface area contributed by atoms with Crippen LogP contribution in [0.1, 0.15) is 31.2 Å². The third kappa shape index (κ3) is 3.25. The Kier molecular flexibility index (Phi) is 4.42. The van der Waals surface area contributed by atoms with E-state index in [4.69, 9.17) is 0 Å². The second-order valence-corrected chi connectivity index (χ2v) is 8.36. The van der Waals surface area contributed by atoms with Crippen LogP contribution >= 0.6 is 0 Å². The first-order chi connectivity index (χ1) is 12.0. The summed E-state index contributed by atoms with van der Waals surface area (Å²) in [5, 5.41) is 1.11. The van der Waals surface area contributed by atoms with E-state index < -0.39 is 0 Å². The lowest BCUT2D eigenvalue weighted by atomic mass is 10.0. The van der Waals surface area contributed by atoms with Gasteiger partial charge >= 0.3 is 0 Å². The molecular weight excluding hydrogens is 310 g/mol. The van der Waals surface area contributed by atoms with E-state index in [1.807, 2.05) is 18.2 Å². The maximum absolute atomic E-state index is 12.4. The number of nitrogens with one attached hydrogen (secondary N) is 1. The lowest BCUT2D eigenvalue weighted by molar-refractivity contribution is 0.211. The van der Waals surface area contributed by atoms with Crippen LogP contribution in [0.3, 0.4) is 0 Å². The molecule has 0 saturated heterocycles. The van der Waals surface area contributed by atoms with Crippen molar-refractivity contribution >= 4 is 10.9 Å². The molecule has 134 valence electrons. The van der Waals surface area contributed by atoms with Gasteiger partial charge < -0.3 is 9.88 Å². The van der Waals surface area contributed by atoms with Crippen LogP contribution in [0, 0.1) is 11.8 Å². The van der Waals surface area contributed by atoms with Crippen LogP contribution in [0.25, 0.3) is 10.9 Å². The van der Waals surface area contributed by atoms with Gasteiger partial charge in [0.25, 0.3) is 5.56 Å². The quantitative estimate of drug-likeness (QED) is 0.930. The zero-order valence-corrected chi connectivity index (χ0v) is 15.5. The van der Waals surface area contributed by atoms with Gasteiger partial charge in [0.05, 0.1) is 0 Å². The Morgan fingerprint density at radius 2 is 1.64 bits per heavy atom. The maximum Gasteiger partial charge on any atom is 0.252 e. The highest BCUT2D eigenvalue weighted by Crippen LogP contribution is 2.46. The minimum atomic E-state index is 0.0522. The molecule has 0 radical (unpaired) electrons. The topological polar surface area (TPSA) is 39.3 Å². The van der Waals surface area contributed by atoms with Crippen molar-refractivity contribution in [1.29, 1.82) is 0 Å². The van der Waals surface area contributed by atoms with Crippen molar-refractivity contribution in [1.82, 2.24) is 14.8 Å². The fraction of sp³-hybridized carbons (Fsp3) is 0.571. The average Bonchev–Trinajstić information content (AvgIpc) is 3.14. The van der Waals surface area contributed by atoms with Gasteiger partial charge in [0.1, 0.15) is 0 Å². The SMILES string of the molecule is CN(C)C1C[C@@H]2CC(N(C)Cc3cc4ccccc4[nH]c3=O)C[C@@H]2C1. The van der Waals surface area contributed by atoms with Crippen LogP contribution in [-0.4, -0.2) is 48.0 Å². The fourth-order valence-electron chi connectivity index (χ4n) is 5.04. The van der Waals surface area contributed by atoms with Crippen molar-refractivity contribution in [2.45, 2.75) is 44.3 Å². The van der Waals surface area contributed by atoms with Gasteiger partial charge in [0.2, 0.25) is 0 Å². The number of rotatable bonds is 4. The Labute approximate surface area is 149 Å². The van der Waals surface area contributed by atoms with Crippen molar-refractivity contribution in [2.24, 2.45) is 11.8 Å². The molecule has 0 bridgehead atoms. The molecule has 0 amide bonds. The van der Waals surface area contributed by atoms with Gasteiger partial charge in [-0.3, -0.25) is 9.69 Å². The van der Waals surface area contributed by atoms with E-state index in [0.29, 0.717) is 6.04 Å². The summed E-state index contributed by atoms with van der Waals surface area (Å²) < 4.78 is 0. The number of hydrogen-bond acceptors (Lipinski definition) is 3. The highest BCUT2D eigenvalue weighted by atomic mass is 16.1. The molecule has 2 aromatic rings. The third-order valence-corrected chi connectivity index (χ3v) is 6.57. The van der Waals surface area contributed by atoms with E-state index in [1.54, 1.807) is 0 Å². The maximum atomic E-state index is 12.4. The highest BCUT2D eigenvalue weighted by Gasteiger charge is 2.43. The minimum absolute atomic E-state index is 0.0522. The predicted molar refractivity (Wildman–Crippen MR) is 103 cm³/mol. The van der Waals surface area contributed by atoms with Crippen molar-refractivity contribution in [3.8, 4) is 0 Å². The lowest BCUT2D eigenvalue weighted by Gasteiger charge is -2.26. The number of nitrogens with zero attached hydrogens (tertiary/aromatic N) is 2. The van der Waals surface area contributed by atoms with Crippen molar-refractivity contribution < 1.29 is 0 Å². The average molecular weight is 339 g/mol. The smallest absolute Gasteiger partial charge is 0.252 e. The normalized spacial score (nSPS) is 29.0. The Morgan fingerprint density at radius 3 is 2.32 bits per heavy atom. The van der Waals surface area contributed by atoms with Gasteiger partial charge in [0, 0.05) is 29.7 Å². The molecule has 4 atom stereocenters. The summed E-state index contributed by atoms with van der Waals surface area (Å²) in [6, 6.07) is 11.5. The van der Waals surface area contributed by atoms with Gasteiger partial charge in [-0.25, -0.2) is 0 Å². The zero-order valence-electron chi connectivity index (χ0n) is 15.5. The standard InChI is InChI=1S/C21H29N3O/c1-23(2)18-9-15-11-19(12-16(15)10-18)24(3)13-17-8-14-6-4-5-7-20(14)22-21(17)25/h4-8,15-16,18-19H,9-13H2,1-3H3,(H,22,25)/t15-,16+,18?,19?. The van der Waals surface area contributed by atoms with E-state index >= 15 is 0 Å². The Balaban J connectivity index is 1.44. The van der Waals surface area contributed by atoms with E-state index in [2.05, 4.69) is 48.1 Å². The number of benzene rings is 1. The summed E-state index contributed by atoms with van der Waals surface area (Å²) in [4.78, 5) is 20.2. The van der Waals surface area contributed by atoms with Gasteiger partial charge in [-0.05, 0) is 76.2 Å². The van der Waals surface area contributed by atoms with E-state index in [9.17, 15) is 4.79 Å². The molecule has 2 fully saturated rings. The number of para-hydroxylation sites is 1. The first-order valence-electron chi connectivity index (χ1n) is 9.49. The molecule has 1 aromatic heterocycles. The number of aromatic amines is 1. The van der Waals surface area contributed by atoms with Crippen LogP contribution < -0.4 is 5.56 Å². The van der Waals surface area contributed by atoms with Crippen LogP contribution in [0.4, 0.5) is 0 Å². The van der Waals surface area contributed by atoms with Crippen LogP contribution in [0.15, 0.2) is 35.1 Å². The summed E-state index contributed by atoms with van der Waals surface area (Å²) in [7, 11) is 6.60. The fourth-order valence-corrected chi connectivity index (χ4v) is 5.04. The molecule has 4 rings (SSSR count). The lowest BCUT2D eigenvalue weighted by Crippen LogP contribution is -2.33. The summed E-state index contributed by atoms with van der Waals surface area (Å²) in [5.41, 5.74) is 1.85. The minimum Gasteiger partial charge on any atom is -0.322 e. The molecule has 1 heterocycles. The number of H-pyrrole nitrogens is 1. The first-order valence-corrected chi connectivity index (χ1v) is 9.49. The van der Waals surface area contributed by atoms with Crippen molar-refractivity contribution in [3.05, 3.63) is 46.2 Å². The molecule has 0 aliphatic heterocycles. The molecule has 1 N–H and O–H groups in total. The monoisotopic (exact) mass is 339 g/mol. The zero-order chi connectivity index (χ0) is 17.6. The molecule has 4 heteroatoms. The largest absolute Gasteiger partial charge is 0.322 e. The molecule has 2 aliphatic carbocycles. The number of aromatic nitrogens is 1. The van der Waals surface area contributed by atoms with Gasteiger partial charge in [-0.1, -0.05) is 18.2 Å². The number of hydrogen-bond donors (Lipinski definition) is 1. The van der Waals surface area contributed by atoms with Gasteiger partial charge in [-0.2, -0.15) is 0 Å². The van der Waals surface area contributed by atoms with E-state index in [1.165, 1.54) is 25.7 Å². The van der Waals surface area contributed by atoms with Gasteiger partial charge in [0.15, 0.2) is 0 Å². The number of pyridine rings is 1. The molecule has 1 aromatic carbocycles.